The molecule has 2 aliphatic carbocycles. The van der Waals surface area contributed by atoms with Gasteiger partial charge in [0.25, 0.3) is 0 Å². The van der Waals surface area contributed by atoms with Gasteiger partial charge < -0.3 is 10.2 Å². The van der Waals surface area contributed by atoms with Crippen molar-refractivity contribution in [1.29, 1.82) is 0 Å². The third-order valence-electron chi connectivity index (χ3n) is 4.95. The van der Waals surface area contributed by atoms with Gasteiger partial charge in [0.15, 0.2) is 0 Å². The van der Waals surface area contributed by atoms with E-state index >= 15 is 0 Å². The van der Waals surface area contributed by atoms with E-state index in [2.05, 4.69) is 31.1 Å². The van der Waals surface area contributed by atoms with Crippen LogP contribution in [0.2, 0.25) is 0 Å². The summed E-state index contributed by atoms with van der Waals surface area (Å²) in [7, 11) is 2.34. The first-order valence-corrected chi connectivity index (χ1v) is 8.02. The van der Waals surface area contributed by atoms with Crippen LogP contribution in [0.3, 0.4) is 0 Å². The molecule has 0 radical (unpaired) electrons. The van der Waals surface area contributed by atoms with Crippen LogP contribution in [0, 0.1) is 11.3 Å². The summed E-state index contributed by atoms with van der Waals surface area (Å²) >= 11 is 0. The van der Waals surface area contributed by atoms with E-state index in [1.807, 2.05) is 0 Å². The first-order chi connectivity index (χ1) is 8.60. The van der Waals surface area contributed by atoms with Crippen LogP contribution in [-0.2, 0) is 0 Å². The molecule has 0 amide bonds. The quantitative estimate of drug-likeness (QED) is 0.748. The predicted molar refractivity (Wildman–Crippen MR) is 78.9 cm³/mol. The Morgan fingerprint density at radius 1 is 1.17 bits per heavy atom. The zero-order valence-electron chi connectivity index (χ0n) is 12.7. The van der Waals surface area contributed by atoms with Gasteiger partial charge in [-0.1, -0.05) is 33.1 Å². The summed E-state index contributed by atoms with van der Waals surface area (Å²) in [6, 6.07) is 0.624. The molecule has 0 spiro atoms. The van der Waals surface area contributed by atoms with E-state index in [1.54, 1.807) is 0 Å². The van der Waals surface area contributed by atoms with Crippen LogP contribution in [0.25, 0.3) is 0 Å². The molecule has 106 valence electrons. The number of hydrogen-bond acceptors (Lipinski definition) is 2. The lowest BCUT2D eigenvalue weighted by Crippen LogP contribution is -2.44. The molecule has 2 aliphatic rings. The van der Waals surface area contributed by atoms with Crippen molar-refractivity contribution in [2.75, 3.05) is 26.7 Å². The summed E-state index contributed by atoms with van der Waals surface area (Å²) in [4.78, 5) is 2.62. The minimum Gasteiger partial charge on any atom is -0.314 e. The van der Waals surface area contributed by atoms with Crippen molar-refractivity contribution in [1.82, 2.24) is 10.2 Å². The lowest BCUT2D eigenvalue weighted by atomic mass is 9.82. The summed E-state index contributed by atoms with van der Waals surface area (Å²) < 4.78 is 0. The largest absolute Gasteiger partial charge is 0.314 e. The zero-order chi connectivity index (χ0) is 13.0. The van der Waals surface area contributed by atoms with Gasteiger partial charge in [0.2, 0.25) is 0 Å². The Balaban J connectivity index is 1.80. The van der Waals surface area contributed by atoms with Crippen LogP contribution in [0.15, 0.2) is 0 Å². The van der Waals surface area contributed by atoms with E-state index in [0.717, 1.165) is 5.92 Å². The van der Waals surface area contributed by atoms with Crippen LogP contribution >= 0.6 is 0 Å². The van der Waals surface area contributed by atoms with E-state index in [0.29, 0.717) is 11.5 Å². The van der Waals surface area contributed by atoms with E-state index in [-0.39, 0.29) is 0 Å². The van der Waals surface area contributed by atoms with Crippen molar-refractivity contribution in [2.24, 2.45) is 11.3 Å². The Hall–Kier alpha value is -0.0800. The highest BCUT2D eigenvalue weighted by molar-refractivity contribution is 4.90. The van der Waals surface area contributed by atoms with Gasteiger partial charge >= 0.3 is 0 Å². The summed E-state index contributed by atoms with van der Waals surface area (Å²) in [6.45, 7) is 8.40. The minimum absolute atomic E-state index is 0.572. The van der Waals surface area contributed by atoms with Gasteiger partial charge in [-0.15, -0.1) is 0 Å². The summed E-state index contributed by atoms with van der Waals surface area (Å²) in [6.07, 6.45) is 10.2. The maximum absolute atomic E-state index is 3.69. The van der Waals surface area contributed by atoms with Crippen molar-refractivity contribution in [3.05, 3.63) is 0 Å². The van der Waals surface area contributed by atoms with Crippen LogP contribution < -0.4 is 5.32 Å². The first-order valence-electron chi connectivity index (χ1n) is 8.02. The maximum Gasteiger partial charge on any atom is 0.00472 e. The number of nitrogens with one attached hydrogen (secondary N) is 1. The van der Waals surface area contributed by atoms with Crippen LogP contribution in [0.1, 0.15) is 58.8 Å². The van der Waals surface area contributed by atoms with Gasteiger partial charge in [-0.3, -0.25) is 0 Å². The van der Waals surface area contributed by atoms with Gasteiger partial charge in [-0.2, -0.15) is 0 Å². The van der Waals surface area contributed by atoms with Crippen molar-refractivity contribution in [3.63, 3.8) is 0 Å². The van der Waals surface area contributed by atoms with Crippen LogP contribution in [-0.4, -0.2) is 37.6 Å². The highest BCUT2D eigenvalue weighted by atomic mass is 15.1. The fourth-order valence-electron chi connectivity index (χ4n) is 3.69. The molecule has 18 heavy (non-hydrogen) atoms. The van der Waals surface area contributed by atoms with Crippen molar-refractivity contribution in [2.45, 2.75) is 64.8 Å². The molecule has 2 nitrogen and oxygen atoms in total. The molecule has 0 aliphatic heterocycles. The Bertz CT molecular complexity index is 239. The number of hydrogen-bond donors (Lipinski definition) is 1. The molecule has 0 bridgehead atoms. The van der Waals surface area contributed by atoms with Crippen molar-refractivity contribution >= 4 is 0 Å². The Morgan fingerprint density at radius 2 is 1.83 bits per heavy atom. The van der Waals surface area contributed by atoms with Gasteiger partial charge in [0, 0.05) is 25.7 Å². The summed E-state index contributed by atoms with van der Waals surface area (Å²) in [5.41, 5.74) is 0.572. The second kappa shape index (κ2) is 6.38. The van der Waals surface area contributed by atoms with Crippen molar-refractivity contribution in [3.8, 4) is 0 Å². The molecule has 2 rings (SSSR count). The minimum atomic E-state index is 0.572. The topological polar surface area (TPSA) is 15.3 Å². The SMILES string of the molecule is CC(C)NCC1(CN(C)CC2CCC2)CCCC1. The molecule has 2 heteroatoms. The average Bonchev–Trinajstić information content (AvgIpc) is 2.70. The third kappa shape index (κ3) is 3.96. The molecular weight excluding hydrogens is 220 g/mol. The van der Waals surface area contributed by atoms with E-state index < -0.39 is 0 Å². The second-order valence-electron chi connectivity index (χ2n) is 7.24. The number of rotatable bonds is 7. The third-order valence-corrected chi connectivity index (χ3v) is 4.95. The van der Waals surface area contributed by atoms with E-state index in [4.69, 9.17) is 0 Å². The lowest BCUT2D eigenvalue weighted by molar-refractivity contribution is 0.132. The molecule has 0 unspecified atom stereocenters. The van der Waals surface area contributed by atoms with Crippen LogP contribution in [0.4, 0.5) is 0 Å². The highest BCUT2D eigenvalue weighted by Gasteiger charge is 2.35. The van der Waals surface area contributed by atoms with Gasteiger partial charge in [-0.25, -0.2) is 0 Å². The van der Waals surface area contributed by atoms with Gasteiger partial charge in [-0.05, 0) is 44.1 Å². The number of nitrogens with zero attached hydrogens (tertiary/aromatic N) is 1. The standard InChI is InChI=1S/C16H32N2/c1-14(2)17-12-16(9-4-5-10-16)13-18(3)11-15-7-6-8-15/h14-15,17H,4-13H2,1-3H3. The van der Waals surface area contributed by atoms with Crippen LogP contribution in [0.5, 0.6) is 0 Å². The molecule has 0 aromatic carbocycles. The molecule has 2 saturated carbocycles. The second-order valence-corrected chi connectivity index (χ2v) is 7.24. The van der Waals surface area contributed by atoms with Crippen molar-refractivity contribution < 1.29 is 0 Å². The molecule has 0 heterocycles. The highest BCUT2D eigenvalue weighted by Crippen LogP contribution is 2.38. The zero-order valence-corrected chi connectivity index (χ0v) is 12.7. The fraction of sp³-hybridized carbons (Fsp3) is 1.00. The molecule has 0 aromatic heterocycles. The maximum atomic E-state index is 3.69. The Labute approximate surface area is 114 Å². The molecule has 0 aromatic rings. The molecule has 0 atom stereocenters. The average molecular weight is 252 g/mol. The van der Waals surface area contributed by atoms with E-state index in [1.165, 1.54) is 64.6 Å². The Kier molecular flexibility index (Phi) is 5.08. The van der Waals surface area contributed by atoms with Gasteiger partial charge in [0.05, 0.1) is 0 Å². The molecule has 2 fully saturated rings. The van der Waals surface area contributed by atoms with E-state index in [9.17, 15) is 0 Å². The van der Waals surface area contributed by atoms with Gasteiger partial charge in [0.1, 0.15) is 0 Å². The lowest BCUT2D eigenvalue weighted by Gasteiger charge is -2.37. The smallest absolute Gasteiger partial charge is 0.00472 e. The predicted octanol–water partition coefficient (Wildman–Crippen LogP) is 3.28. The first kappa shape index (κ1) is 14.3. The fourth-order valence-corrected chi connectivity index (χ4v) is 3.69. The molecule has 0 saturated heterocycles. The summed E-state index contributed by atoms with van der Waals surface area (Å²) in [5.74, 6) is 1.01. The molecular formula is C16H32N2. The monoisotopic (exact) mass is 252 g/mol. The molecule has 1 N–H and O–H groups in total. The summed E-state index contributed by atoms with van der Waals surface area (Å²) in [5, 5.41) is 3.69. The normalized spacial score (nSPS) is 23.8. The Morgan fingerprint density at radius 3 is 2.33 bits per heavy atom.